The summed E-state index contributed by atoms with van der Waals surface area (Å²) in [7, 11) is 0. The Morgan fingerprint density at radius 3 is 2.86 bits per heavy atom. The number of fused-ring (bicyclic) bond motifs is 1. The minimum Gasteiger partial charge on any atom is -0.504 e. The number of anilines is 1. The van der Waals surface area contributed by atoms with E-state index in [-0.39, 0.29) is 11.7 Å². The number of amides is 1. The van der Waals surface area contributed by atoms with Gasteiger partial charge in [-0.3, -0.25) is 4.79 Å². The molecule has 1 atom stereocenters. The summed E-state index contributed by atoms with van der Waals surface area (Å²) in [6.07, 6.45) is -0.557. The number of carbonyl (C=O) groups is 1. The van der Waals surface area contributed by atoms with E-state index >= 15 is 0 Å². The highest BCUT2D eigenvalue weighted by Gasteiger charge is 2.27. The predicted molar refractivity (Wildman–Crippen MR) is 84.6 cm³/mol. The van der Waals surface area contributed by atoms with Gasteiger partial charge in [0.1, 0.15) is 6.17 Å². The zero-order chi connectivity index (χ0) is 15.7. The average Bonchev–Trinajstić information content (AvgIpc) is 2.49. The highest BCUT2D eigenvalue weighted by Crippen LogP contribution is 2.36. The van der Waals surface area contributed by atoms with E-state index in [1.54, 1.807) is 36.4 Å². The summed E-state index contributed by atoms with van der Waals surface area (Å²) in [6, 6.07) is 10.2. The van der Waals surface area contributed by atoms with Crippen molar-refractivity contribution in [2.75, 3.05) is 11.9 Å². The Morgan fingerprint density at radius 1 is 1.27 bits per heavy atom. The predicted octanol–water partition coefficient (Wildman–Crippen LogP) is 3.30. The van der Waals surface area contributed by atoms with Crippen LogP contribution in [-0.2, 0) is 0 Å². The van der Waals surface area contributed by atoms with Crippen molar-refractivity contribution in [2.24, 2.45) is 0 Å². The van der Waals surface area contributed by atoms with Crippen molar-refractivity contribution in [3.8, 4) is 11.5 Å². The van der Waals surface area contributed by atoms with Crippen LogP contribution < -0.4 is 15.4 Å². The number of rotatable bonds is 3. The van der Waals surface area contributed by atoms with Crippen LogP contribution in [0, 0.1) is 0 Å². The van der Waals surface area contributed by atoms with Crippen LogP contribution in [-0.4, -0.2) is 17.6 Å². The number of carbonyl (C=O) groups excluding carboxylic acids is 1. The molecule has 0 spiro atoms. The van der Waals surface area contributed by atoms with Crippen LogP contribution in [0.2, 0.25) is 5.02 Å². The number of benzene rings is 2. The van der Waals surface area contributed by atoms with Gasteiger partial charge in [0.05, 0.1) is 17.9 Å². The fourth-order valence-electron chi connectivity index (χ4n) is 2.43. The third-order valence-electron chi connectivity index (χ3n) is 3.44. The van der Waals surface area contributed by atoms with Gasteiger partial charge in [0.25, 0.3) is 5.91 Å². The van der Waals surface area contributed by atoms with Gasteiger partial charge in [0.2, 0.25) is 0 Å². The molecular weight excluding hydrogens is 304 g/mol. The summed E-state index contributed by atoms with van der Waals surface area (Å²) in [5.74, 6) is 0.164. The molecule has 6 heteroatoms. The quantitative estimate of drug-likeness (QED) is 0.812. The molecule has 0 aromatic heterocycles. The molecule has 5 nitrogen and oxygen atoms in total. The molecule has 3 N–H and O–H groups in total. The van der Waals surface area contributed by atoms with Crippen molar-refractivity contribution in [1.82, 2.24) is 5.32 Å². The van der Waals surface area contributed by atoms with E-state index in [0.717, 1.165) is 0 Å². The van der Waals surface area contributed by atoms with E-state index < -0.39 is 6.17 Å². The van der Waals surface area contributed by atoms with Crippen molar-refractivity contribution >= 4 is 23.2 Å². The fourth-order valence-corrected chi connectivity index (χ4v) is 2.61. The Morgan fingerprint density at radius 2 is 2.09 bits per heavy atom. The molecule has 0 bridgehead atoms. The lowest BCUT2D eigenvalue weighted by Gasteiger charge is -2.29. The van der Waals surface area contributed by atoms with Gasteiger partial charge in [0.15, 0.2) is 11.5 Å². The van der Waals surface area contributed by atoms with Crippen LogP contribution in [0.25, 0.3) is 0 Å². The van der Waals surface area contributed by atoms with E-state index in [4.69, 9.17) is 16.3 Å². The second kappa shape index (κ2) is 5.77. The maximum atomic E-state index is 12.2. The number of nitrogens with one attached hydrogen (secondary N) is 2. The molecule has 0 radical (unpaired) electrons. The van der Waals surface area contributed by atoms with Crippen molar-refractivity contribution in [1.29, 1.82) is 0 Å². The van der Waals surface area contributed by atoms with E-state index in [2.05, 4.69) is 10.6 Å². The molecule has 0 saturated carbocycles. The zero-order valence-corrected chi connectivity index (χ0v) is 12.6. The monoisotopic (exact) mass is 318 g/mol. The third kappa shape index (κ3) is 2.55. The van der Waals surface area contributed by atoms with Crippen molar-refractivity contribution in [2.45, 2.75) is 13.1 Å². The van der Waals surface area contributed by atoms with Crippen LogP contribution in [0.5, 0.6) is 11.5 Å². The minimum atomic E-state index is -0.557. The van der Waals surface area contributed by atoms with E-state index in [9.17, 15) is 9.90 Å². The van der Waals surface area contributed by atoms with Gasteiger partial charge >= 0.3 is 0 Å². The van der Waals surface area contributed by atoms with Gasteiger partial charge in [0, 0.05) is 10.6 Å². The average molecular weight is 319 g/mol. The summed E-state index contributed by atoms with van der Waals surface area (Å²) in [5.41, 5.74) is 1.67. The number of hydrogen-bond donors (Lipinski definition) is 3. The molecule has 1 heterocycles. The van der Waals surface area contributed by atoms with E-state index in [1.165, 1.54) is 0 Å². The Hall–Kier alpha value is -2.40. The molecule has 0 aliphatic carbocycles. The largest absolute Gasteiger partial charge is 0.504 e. The van der Waals surface area contributed by atoms with Crippen LogP contribution in [0.15, 0.2) is 36.4 Å². The maximum Gasteiger partial charge on any atom is 0.255 e. The number of phenols is 1. The first-order valence-corrected chi connectivity index (χ1v) is 7.29. The molecule has 2 aromatic carbocycles. The molecule has 114 valence electrons. The molecule has 1 unspecified atom stereocenters. The van der Waals surface area contributed by atoms with Crippen LogP contribution >= 0.6 is 11.6 Å². The summed E-state index contributed by atoms with van der Waals surface area (Å²) < 4.78 is 5.37. The summed E-state index contributed by atoms with van der Waals surface area (Å²) >= 11 is 5.97. The zero-order valence-electron chi connectivity index (χ0n) is 11.9. The normalized spacial score (nSPS) is 16.5. The van der Waals surface area contributed by atoms with Gasteiger partial charge in [-0.15, -0.1) is 0 Å². The van der Waals surface area contributed by atoms with Crippen LogP contribution in [0.4, 0.5) is 5.69 Å². The first-order chi connectivity index (χ1) is 10.6. The SMILES string of the molecule is CCOc1cccc(C2NC(=O)c3ccc(Cl)cc3N2)c1O. The van der Waals surface area contributed by atoms with Gasteiger partial charge in [-0.2, -0.15) is 0 Å². The molecule has 1 aliphatic heterocycles. The van der Waals surface area contributed by atoms with Gasteiger partial charge in [-0.1, -0.05) is 23.7 Å². The fraction of sp³-hybridized carbons (Fsp3) is 0.188. The number of phenolic OH excluding ortho intramolecular Hbond substituents is 1. The van der Waals surface area contributed by atoms with E-state index in [1.807, 2.05) is 6.92 Å². The minimum absolute atomic E-state index is 0.00706. The lowest BCUT2D eigenvalue weighted by atomic mass is 10.0. The van der Waals surface area contributed by atoms with Crippen LogP contribution in [0.1, 0.15) is 29.0 Å². The Labute approximate surface area is 132 Å². The summed E-state index contributed by atoms with van der Waals surface area (Å²) in [5, 5.41) is 16.8. The highest BCUT2D eigenvalue weighted by molar-refractivity contribution is 6.31. The lowest BCUT2D eigenvalue weighted by Crippen LogP contribution is -2.38. The molecule has 0 fully saturated rings. The maximum absolute atomic E-state index is 12.2. The highest BCUT2D eigenvalue weighted by atomic mass is 35.5. The topological polar surface area (TPSA) is 70.6 Å². The summed E-state index contributed by atoms with van der Waals surface area (Å²) in [4.78, 5) is 12.2. The van der Waals surface area contributed by atoms with Gasteiger partial charge in [-0.25, -0.2) is 0 Å². The number of aromatic hydroxyl groups is 1. The number of hydrogen-bond acceptors (Lipinski definition) is 4. The molecule has 2 aromatic rings. The Bertz CT molecular complexity index is 733. The molecule has 0 saturated heterocycles. The molecule has 1 amide bonds. The number of para-hydroxylation sites is 1. The van der Waals surface area contributed by atoms with Crippen molar-refractivity contribution in [3.63, 3.8) is 0 Å². The smallest absolute Gasteiger partial charge is 0.255 e. The Kier molecular flexibility index (Phi) is 3.81. The summed E-state index contributed by atoms with van der Waals surface area (Å²) in [6.45, 7) is 2.28. The standard InChI is InChI=1S/C16H15ClN2O3/c1-2-22-13-5-3-4-11(14(13)20)15-18-12-8-9(17)6-7-10(12)16(21)19-15/h3-8,15,18,20H,2H2,1H3,(H,19,21). The Balaban J connectivity index is 1.98. The first kappa shape index (κ1) is 14.5. The lowest BCUT2D eigenvalue weighted by molar-refractivity contribution is 0.0935. The second-order valence-electron chi connectivity index (χ2n) is 4.87. The second-order valence-corrected chi connectivity index (χ2v) is 5.30. The van der Waals surface area contributed by atoms with Gasteiger partial charge < -0.3 is 20.5 Å². The van der Waals surface area contributed by atoms with E-state index in [0.29, 0.717) is 34.2 Å². The van der Waals surface area contributed by atoms with Gasteiger partial charge in [-0.05, 0) is 31.2 Å². The van der Waals surface area contributed by atoms with Crippen molar-refractivity contribution in [3.05, 3.63) is 52.5 Å². The van der Waals surface area contributed by atoms with Crippen LogP contribution in [0.3, 0.4) is 0 Å². The molecule has 22 heavy (non-hydrogen) atoms. The molecule has 1 aliphatic rings. The first-order valence-electron chi connectivity index (χ1n) is 6.91. The number of halogens is 1. The van der Waals surface area contributed by atoms with Crippen molar-refractivity contribution < 1.29 is 14.6 Å². The third-order valence-corrected chi connectivity index (χ3v) is 3.68. The molecular formula is C16H15ClN2O3. The number of ether oxygens (including phenoxy) is 1. The molecule has 3 rings (SSSR count).